The Kier molecular flexibility index (Phi) is 4.34. The van der Waals surface area contributed by atoms with Crippen molar-refractivity contribution in [2.75, 3.05) is 5.32 Å². The Bertz CT molecular complexity index is 429. The van der Waals surface area contributed by atoms with E-state index < -0.39 is 0 Å². The van der Waals surface area contributed by atoms with E-state index >= 15 is 0 Å². The van der Waals surface area contributed by atoms with Crippen molar-refractivity contribution in [3.8, 4) is 0 Å². The second-order valence-corrected chi connectivity index (χ2v) is 4.65. The molecule has 1 saturated carbocycles. The van der Waals surface area contributed by atoms with Gasteiger partial charge < -0.3 is 10.6 Å². The van der Waals surface area contributed by atoms with Crippen molar-refractivity contribution >= 4 is 11.7 Å². The zero-order valence-corrected chi connectivity index (χ0v) is 10.7. The van der Waals surface area contributed by atoms with E-state index in [4.69, 9.17) is 0 Å². The van der Waals surface area contributed by atoms with E-state index in [0.29, 0.717) is 5.69 Å². The second-order valence-electron chi connectivity index (χ2n) is 4.65. The van der Waals surface area contributed by atoms with Crippen LogP contribution in [0, 0.1) is 6.92 Å². The molecule has 1 aliphatic carbocycles. The van der Waals surface area contributed by atoms with Crippen molar-refractivity contribution in [1.29, 1.82) is 0 Å². The molecule has 0 unspecified atom stereocenters. The fourth-order valence-corrected chi connectivity index (χ4v) is 2.03. The Labute approximate surface area is 108 Å². The van der Waals surface area contributed by atoms with Gasteiger partial charge >= 0.3 is 6.03 Å². The van der Waals surface area contributed by atoms with Gasteiger partial charge in [-0.2, -0.15) is 0 Å². The van der Waals surface area contributed by atoms with Crippen LogP contribution in [0.5, 0.6) is 0 Å². The topological polar surface area (TPSA) is 54.0 Å². The van der Waals surface area contributed by atoms with E-state index in [1.165, 1.54) is 24.8 Å². The molecule has 4 nitrogen and oxygen atoms in total. The molecule has 1 aromatic rings. The minimum Gasteiger partial charge on any atom is -0.314 e. The van der Waals surface area contributed by atoms with Crippen LogP contribution >= 0.6 is 0 Å². The second kappa shape index (κ2) is 6.19. The van der Waals surface area contributed by atoms with Gasteiger partial charge in [0.2, 0.25) is 0 Å². The quantitative estimate of drug-likeness (QED) is 0.839. The number of aryl methyl sites for hydroxylation is 1. The summed E-state index contributed by atoms with van der Waals surface area (Å²) in [4.78, 5) is 15.8. The van der Waals surface area contributed by atoms with Crippen LogP contribution in [-0.4, -0.2) is 11.0 Å². The largest absolute Gasteiger partial charge is 0.323 e. The molecule has 0 spiro atoms. The van der Waals surface area contributed by atoms with Gasteiger partial charge in [0.25, 0.3) is 0 Å². The molecule has 0 saturated heterocycles. The number of urea groups is 1. The lowest BCUT2D eigenvalue weighted by Crippen LogP contribution is -2.24. The van der Waals surface area contributed by atoms with Gasteiger partial charge in [-0.3, -0.25) is 4.98 Å². The van der Waals surface area contributed by atoms with Gasteiger partial charge in [-0.15, -0.1) is 0 Å². The first-order valence-electron chi connectivity index (χ1n) is 6.42. The Morgan fingerprint density at radius 1 is 1.28 bits per heavy atom. The summed E-state index contributed by atoms with van der Waals surface area (Å²) in [6.45, 7) is 1.91. The van der Waals surface area contributed by atoms with E-state index in [-0.39, 0.29) is 6.03 Å². The van der Waals surface area contributed by atoms with Gasteiger partial charge in [0.15, 0.2) is 0 Å². The maximum atomic E-state index is 11.6. The molecule has 2 N–H and O–H groups in total. The number of nitrogens with zero attached hydrogens (tertiary/aromatic N) is 1. The summed E-state index contributed by atoms with van der Waals surface area (Å²) in [7, 11) is 0. The number of rotatable bonds is 2. The zero-order valence-electron chi connectivity index (χ0n) is 10.7. The van der Waals surface area contributed by atoms with Gasteiger partial charge in [0.1, 0.15) is 0 Å². The summed E-state index contributed by atoms with van der Waals surface area (Å²) < 4.78 is 0. The van der Waals surface area contributed by atoms with E-state index in [1.807, 2.05) is 25.3 Å². The fourth-order valence-electron chi connectivity index (χ4n) is 2.03. The first-order valence-corrected chi connectivity index (χ1v) is 6.42. The highest BCUT2D eigenvalue weighted by molar-refractivity contribution is 5.89. The van der Waals surface area contributed by atoms with Crippen molar-refractivity contribution in [3.05, 3.63) is 35.8 Å². The van der Waals surface area contributed by atoms with Crippen LogP contribution in [0.1, 0.15) is 37.8 Å². The van der Waals surface area contributed by atoms with Crippen LogP contribution in [-0.2, 0) is 0 Å². The van der Waals surface area contributed by atoms with Gasteiger partial charge in [0, 0.05) is 11.9 Å². The van der Waals surface area contributed by atoms with Crippen LogP contribution in [0.15, 0.2) is 30.1 Å². The molecule has 1 heterocycles. The smallest absolute Gasteiger partial charge is 0.314 e. The molecular weight excluding hydrogens is 226 g/mol. The molecule has 1 aromatic heterocycles. The van der Waals surface area contributed by atoms with Crippen molar-refractivity contribution < 1.29 is 4.79 Å². The highest BCUT2D eigenvalue weighted by Crippen LogP contribution is 2.21. The Morgan fingerprint density at radius 2 is 2.06 bits per heavy atom. The molecule has 0 aliphatic heterocycles. The van der Waals surface area contributed by atoms with Crippen LogP contribution in [0.25, 0.3) is 0 Å². The third kappa shape index (κ3) is 3.87. The molecular formula is C14H19N3O. The van der Waals surface area contributed by atoms with Gasteiger partial charge in [0.05, 0.1) is 11.9 Å². The van der Waals surface area contributed by atoms with E-state index in [0.717, 1.165) is 18.5 Å². The van der Waals surface area contributed by atoms with Gasteiger partial charge in [-0.25, -0.2) is 4.79 Å². The van der Waals surface area contributed by atoms with Gasteiger partial charge in [-0.05, 0) is 44.7 Å². The molecule has 96 valence electrons. The van der Waals surface area contributed by atoms with Crippen LogP contribution in [0.3, 0.4) is 0 Å². The molecule has 0 aromatic carbocycles. The molecule has 1 fully saturated rings. The normalized spacial score (nSPS) is 15.1. The first kappa shape index (κ1) is 12.6. The van der Waals surface area contributed by atoms with Crippen molar-refractivity contribution in [2.24, 2.45) is 0 Å². The van der Waals surface area contributed by atoms with E-state index in [9.17, 15) is 4.79 Å². The third-order valence-electron chi connectivity index (χ3n) is 3.07. The summed E-state index contributed by atoms with van der Waals surface area (Å²) in [5, 5.41) is 5.53. The van der Waals surface area contributed by atoms with Crippen molar-refractivity contribution in [1.82, 2.24) is 10.3 Å². The number of carbonyl (C=O) groups excluding carboxylic acids is 1. The lowest BCUT2D eigenvalue weighted by Gasteiger charge is -2.13. The number of pyridine rings is 1. The molecule has 0 radical (unpaired) electrons. The maximum absolute atomic E-state index is 11.6. The summed E-state index contributed by atoms with van der Waals surface area (Å²) in [6, 6.07) is 3.50. The van der Waals surface area contributed by atoms with Gasteiger partial charge in [-0.1, -0.05) is 12.0 Å². The van der Waals surface area contributed by atoms with E-state index in [2.05, 4.69) is 15.6 Å². The zero-order chi connectivity index (χ0) is 12.8. The molecule has 1 aliphatic rings. The minimum atomic E-state index is -0.210. The number of nitrogens with one attached hydrogen (secondary N) is 2. The van der Waals surface area contributed by atoms with Crippen LogP contribution < -0.4 is 10.6 Å². The Balaban J connectivity index is 1.83. The average Bonchev–Trinajstić information content (AvgIpc) is 2.40. The van der Waals surface area contributed by atoms with Crippen LogP contribution in [0.4, 0.5) is 10.5 Å². The predicted molar refractivity (Wildman–Crippen MR) is 72.3 cm³/mol. The Hall–Kier alpha value is -1.84. The average molecular weight is 245 g/mol. The highest BCUT2D eigenvalue weighted by atomic mass is 16.2. The number of carbonyl (C=O) groups is 1. The summed E-state index contributed by atoms with van der Waals surface area (Å²) in [6.07, 6.45) is 9.48. The lowest BCUT2D eigenvalue weighted by molar-refractivity contribution is 0.255. The van der Waals surface area contributed by atoms with Crippen LogP contribution in [0.2, 0.25) is 0 Å². The molecule has 18 heavy (non-hydrogen) atoms. The highest BCUT2D eigenvalue weighted by Gasteiger charge is 2.06. The lowest BCUT2D eigenvalue weighted by atomic mass is 9.96. The molecule has 0 atom stereocenters. The standard InChI is InChI=1S/C14H19N3O/c1-11-7-8-13(10-15-11)17-14(18)16-9-12-5-3-2-4-6-12/h7-10H,2-6H2,1H3,(H2,16,17,18). The Morgan fingerprint density at radius 3 is 2.72 bits per heavy atom. The molecule has 2 rings (SSSR count). The monoisotopic (exact) mass is 245 g/mol. The minimum absolute atomic E-state index is 0.210. The SMILES string of the molecule is Cc1ccc(NC(=O)NC=C2CCCCC2)cn1. The third-order valence-corrected chi connectivity index (χ3v) is 3.07. The number of anilines is 1. The number of hydrogen-bond acceptors (Lipinski definition) is 2. The molecule has 2 amide bonds. The molecule has 4 heteroatoms. The summed E-state index contributed by atoms with van der Waals surface area (Å²) in [5.41, 5.74) is 2.98. The first-order chi connectivity index (χ1) is 8.74. The number of amides is 2. The molecule has 0 bridgehead atoms. The fraction of sp³-hybridized carbons (Fsp3) is 0.429. The maximum Gasteiger partial charge on any atom is 0.323 e. The summed E-state index contributed by atoms with van der Waals surface area (Å²) in [5.74, 6) is 0. The van der Waals surface area contributed by atoms with Crippen molar-refractivity contribution in [2.45, 2.75) is 39.0 Å². The predicted octanol–water partition coefficient (Wildman–Crippen LogP) is 3.36. The van der Waals surface area contributed by atoms with Crippen molar-refractivity contribution in [3.63, 3.8) is 0 Å². The number of allylic oxidation sites excluding steroid dienone is 1. The van der Waals surface area contributed by atoms with E-state index in [1.54, 1.807) is 6.20 Å². The summed E-state index contributed by atoms with van der Waals surface area (Å²) >= 11 is 0. The number of aromatic nitrogens is 1. The number of hydrogen-bond donors (Lipinski definition) is 2.